The number of guanidine groups is 2. The van der Waals surface area contributed by atoms with Crippen LogP contribution >= 0.6 is 0 Å². The fourth-order valence-corrected chi connectivity index (χ4v) is 13.5. The van der Waals surface area contributed by atoms with Gasteiger partial charge in [0, 0.05) is 63.7 Å². The largest absolute Gasteiger partial charge is 0.342 e. The number of hydrogen-bond donors (Lipinski definition) is 0. The van der Waals surface area contributed by atoms with Crippen LogP contribution in [-0.2, 0) is 5.41 Å². The SMILES string of the molecule is CCCC1CCC(c2ccc3c(c2)C2(c4cc(C5CCCCC5)ccc4-3)c3cc(N4CCCN5CCCN=C54)ccc3-c3ccc(N4CCCN5CCCN=C54)cc32)CC1. The summed E-state index contributed by atoms with van der Waals surface area (Å²) in [5.74, 6) is 4.56. The molecule has 0 aromatic heterocycles. The monoisotopic (exact) mass is 797 g/mol. The minimum Gasteiger partial charge on any atom is -0.342 e. The van der Waals surface area contributed by atoms with E-state index in [9.17, 15) is 0 Å². The first-order valence-electron chi connectivity index (χ1n) is 24.4. The van der Waals surface area contributed by atoms with E-state index < -0.39 is 5.41 Å². The number of anilines is 2. The standard InChI is InChI=1S/C54H64N6/c1-2-10-37-13-15-39(16-14-37)41-18-22-45-44-21-17-40(38-11-4-3-5-12-38)33-48(44)54(49(45)34-41)50-35-42(59-31-8-29-57-27-6-25-55-52(57)59)19-23-46(50)47-24-20-43(36-51(47)54)60-32-9-30-58-28-7-26-56-53(58)60/h17-24,33-39H,2-16,25-32H2,1H3. The van der Waals surface area contributed by atoms with Crippen LogP contribution in [0.5, 0.6) is 0 Å². The summed E-state index contributed by atoms with van der Waals surface area (Å²) in [6.45, 7) is 10.7. The van der Waals surface area contributed by atoms with Gasteiger partial charge in [-0.3, -0.25) is 9.98 Å². The van der Waals surface area contributed by atoms with Crippen molar-refractivity contribution in [2.45, 2.75) is 120 Å². The van der Waals surface area contributed by atoms with Crippen molar-refractivity contribution in [1.29, 1.82) is 0 Å². The van der Waals surface area contributed by atoms with Crippen molar-refractivity contribution < 1.29 is 0 Å². The lowest BCUT2D eigenvalue weighted by atomic mass is 9.68. The van der Waals surface area contributed by atoms with Crippen molar-refractivity contribution in [3.8, 4) is 22.3 Å². The van der Waals surface area contributed by atoms with E-state index in [0.717, 1.165) is 71.1 Å². The Labute approximate surface area is 358 Å². The Morgan fingerprint density at radius 1 is 0.483 bits per heavy atom. The summed E-state index contributed by atoms with van der Waals surface area (Å²) in [6, 6.07) is 30.7. The molecule has 0 N–H and O–H groups in total. The molecule has 60 heavy (non-hydrogen) atoms. The molecule has 2 saturated carbocycles. The third kappa shape index (κ3) is 5.85. The van der Waals surface area contributed by atoms with E-state index in [4.69, 9.17) is 9.98 Å². The summed E-state index contributed by atoms with van der Waals surface area (Å²) in [6.07, 6.45) is 19.4. The van der Waals surface area contributed by atoms with Gasteiger partial charge in [0.25, 0.3) is 0 Å². The molecule has 0 unspecified atom stereocenters. The molecule has 8 aliphatic rings. The lowest BCUT2D eigenvalue weighted by Gasteiger charge is -2.42. The molecular formula is C54H64N6. The minimum atomic E-state index is -0.408. The molecule has 6 heteroatoms. The number of nitrogens with zero attached hydrogens (tertiary/aromatic N) is 6. The van der Waals surface area contributed by atoms with Crippen LogP contribution in [0.3, 0.4) is 0 Å². The van der Waals surface area contributed by atoms with Crippen LogP contribution in [0.1, 0.15) is 148 Å². The second-order valence-corrected chi connectivity index (χ2v) is 19.7. The lowest BCUT2D eigenvalue weighted by Crippen LogP contribution is -2.52. The minimum absolute atomic E-state index is 0.408. The van der Waals surface area contributed by atoms with Crippen molar-refractivity contribution in [3.63, 3.8) is 0 Å². The zero-order valence-electron chi connectivity index (χ0n) is 36.1. The molecule has 4 aliphatic heterocycles. The summed E-state index contributed by atoms with van der Waals surface area (Å²) >= 11 is 0. The van der Waals surface area contributed by atoms with Crippen LogP contribution in [0, 0.1) is 5.92 Å². The third-order valence-electron chi connectivity index (χ3n) is 16.4. The van der Waals surface area contributed by atoms with Crippen LogP contribution in [-0.4, -0.2) is 74.1 Å². The fraction of sp³-hybridized carbons (Fsp3) is 0.519. The van der Waals surface area contributed by atoms with Gasteiger partial charge in [-0.1, -0.05) is 87.6 Å². The van der Waals surface area contributed by atoms with Crippen molar-refractivity contribution in [3.05, 3.63) is 106 Å². The highest BCUT2D eigenvalue weighted by atomic mass is 15.4. The Bertz CT molecular complexity index is 2270. The number of fused-ring (bicyclic) bond motifs is 12. The topological polar surface area (TPSA) is 37.7 Å². The zero-order chi connectivity index (χ0) is 39.8. The van der Waals surface area contributed by atoms with E-state index in [2.05, 4.69) is 99.3 Å². The highest BCUT2D eigenvalue weighted by Crippen LogP contribution is 2.64. The molecular weight excluding hydrogens is 733 g/mol. The van der Waals surface area contributed by atoms with Crippen molar-refractivity contribution in [2.75, 3.05) is 62.2 Å². The van der Waals surface area contributed by atoms with Crippen LogP contribution in [0.25, 0.3) is 22.3 Å². The maximum Gasteiger partial charge on any atom is 0.201 e. The maximum absolute atomic E-state index is 5.19. The smallest absolute Gasteiger partial charge is 0.201 e. The first-order valence-corrected chi connectivity index (χ1v) is 24.4. The zero-order valence-corrected chi connectivity index (χ0v) is 36.1. The van der Waals surface area contributed by atoms with Gasteiger partial charge < -0.3 is 19.6 Å². The van der Waals surface area contributed by atoms with Crippen LogP contribution < -0.4 is 9.80 Å². The van der Waals surface area contributed by atoms with Crippen molar-refractivity contribution >= 4 is 23.3 Å². The molecule has 6 nitrogen and oxygen atoms in total. The molecule has 0 atom stereocenters. The maximum atomic E-state index is 5.19. The molecule has 2 saturated heterocycles. The summed E-state index contributed by atoms with van der Waals surface area (Å²) in [7, 11) is 0. The third-order valence-corrected chi connectivity index (χ3v) is 16.4. The lowest BCUT2D eigenvalue weighted by molar-refractivity contribution is 0.308. The van der Waals surface area contributed by atoms with Gasteiger partial charge in [-0.05, 0) is 162 Å². The molecule has 0 amide bonds. The summed E-state index contributed by atoms with van der Waals surface area (Å²) in [4.78, 5) is 20.6. The van der Waals surface area contributed by atoms with Gasteiger partial charge in [-0.2, -0.15) is 0 Å². The van der Waals surface area contributed by atoms with E-state index in [1.807, 2.05) is 0 Å². The van der Waals surface area contributed by atoms with Gasteiger partial charge in [0.15, 0.2) is 0 Å². The molecule has 4 aliphatic carbocycles. The predicted octanol–water partition coefficient (Wildman–Crippen LogP) is 11.7. The van der Waals surface area contributed by atoms with Crippen LogP contribution in [0.2, 0.25) is 0 Å². The normalized spacial score (nSPS) is 24.3. The number of hydrogen-bond acceptors (Lipinski definition) is 6. The van der Waals surface area contributed by atoms with Gasteiger partial charge in [0.1, 0.15) is 0 Å². The second-order valence-electron chi connectivity index (χ2n) is 19.7. The molecule has 12 rings (SSSR count). The molecule has 0 bridgehead atoms. The first-order chi connectivity index (χ1) is 29.7. The molecule has 4 aromatic carbocycles. The van der Waals surface area contributed by atoms with E-state index in [1.54, 1.807) is 11.1 Å². The molecule has 1 spiro atoms. The van der Waals surface area contributed by atoms with Gasteiger partial charge in [0.05, 0.1) is 5.41 Å². The summed E-state index contributed by atoms with van der Waals surface area (Å²) < 4.78 is 0. The highest BCUT2D eigenvalue weighted by molar-refractivity contribution is 6.02. The van der Waals surface area contributed by atoms with Gasteiger partial charge in [-0.25, -0.2) is 0 Å². The van der Waals surface area contributed by atoms with Gasteiger partial charge >= 0.3 is 0 Å². The Kier molecular flexibility index (Phi) is 9.36. The van der Waals surface area contributed by atoms with E-state index in [1.165, 1.54) is 151 Å². The Morgan fingerprint density at radius 2 is 0.950 bits per heavy atom. The Balaban J connectivity index is 1.09. The first kappa shape index (κ1) is 37.2. The van der Waals surface area contributed by atoms with Gasteiger partial charge in [0.2, 0.25) is 11.9 Å². The summed E-state index contributed by atoms with van der Waals surface area (Å²) in [5, 5.41) is 0. The van der Waals surface area contributed by atoms with Crippen molar-refractivity contribution in [2.24, 2.45) is 15.9 Å². The average molecular weight is 797 g/mol. The van der Waals surface area contributed by atoms with E-state index in [-0.39, 0.29) is 0 Å². The Hall–Kier alpha value is -4.58. The van der Waals surface area contributed by atoms with E-state index >= 15 is 0 Å². The highest BCUT2D eigenvalue weighted by Gasteiger charge is 2.53. The fourth-order valence-electron chi connectivity index (χ4n) is 13.5. The quantitative estimate of drug-likeness (QED) is 0.168. The Morgan fingerprint density at radius 3 is 1.47 bits per heavy atom. The average Bonchev–Trinajstić information content (AvgIpc) is 3.77. The molecule has 0 radical (unpaired) electrons. The van der Waals surface area contributed by atoms with E-state index in [0.29, 0.717) is 11.8 Å². The number of benzene rings is 4. The molecule has 310 valence electrons. The van der Waals surface area contributed by atoms with Crippen molar-refractivity contribution in [1.82, 2.24) is 9.80 Å². The predicted molar refractivity (Wildman–Crippen MR) is 249 cm³/mol. The van der Waals surface area contributed by atoms with Crippen LogP contribution in [0.4, 0.5) is 11.4 Å². The molecule has 4 fully saturated rings. The number of aliphatic imine (C=N–C) groups is 2. The van der Waals surface area contributed by atoms with Gasteiger partial charge in [-0.15, -0.1) is 0 Å². The molecule has 4 aromatic rings. The second kappa shape index (κ2) is 15.1. The molecule has 4 heterocycles. The number of rotatable bonds is 6. The van der Waals surface area contributed by atoms with Crippen LogP contribution in [0.15, 0.2) is 82.8 Å². The summed E-state index contributed by atoms with van der Waals surface area (Å²) in [5.41, 5.74) is 17.0.